The van der Waals surface area contributed by atoms with Gasteiger partial charge in [0.15, 0.2) is 0 Å². The van der Waals surface area contributed by atoms with Crippen molar-refractivity contribution < 1.29 is 9.47 Å². The quantitative estimate of drug-likeness (QED) is 0.805. The Hall–Kier alpha value is -1.96. The summed E-state index contributed by atoms with van der Waals surface area (Å²) in [7, 11) is 1.53. The first-order valence-electron chi connectivity index (χ1n) is 5.65. The van der Waals surface area contributed by atoms with Crippen LogP contribution in [0, 0.1) is 11.3 Å². The van der Waals surface area contributed by atoms with Gasteiger partial charge >= 0.3 is 0 Å². The molecule has 0 aliphatic carbocycles. The molecule has 2 aromatic rings. The zero-order valence-corrected chi connectivity index (χ0v) is 12.1. The van der Waals surface area contributed by atoms with Gasteiger partial charge in [0.05, 0.1) is 18.7 Å². The Balaban J connectivity index is 2.16. The third kappa shape index (κ3) is 3.53. The number of aromatic nitrogens is 1. The maximum Gasteiger partial charge on any atom is 0.137 e. The van der Waals surface area contributed by atoms with Gasteiger partial charge in [0.25, 0.3) is 0 Å². The van der Waals surface area contributed by atoms with Crippen LogP contribution in [0.15, 0.2) is 30.3 Å². The van der Waals surface area contributed by atoms with Crippen LogP contribution in [0.5, 0.6) is 11.5 Å². The lowest BCUT2D eigenvalue weighted by atomic mass is 10.2. The Morgan fingerprint density at radius 3 is 2.60 bits per heavy atom. The molecule has 0 spiro atoms. The molecule has 0 saturated heterocycles. The molecule has 1 aromatic carbocycles. The van der Waals surface area contributed by atoms with Crippen LogP contribution < -0.4 is 9.47 Å². The molecule has 0 fully saturated rings. The summed E-state index contributed by atoms with van der Waals surface area (Å²) in [6.45, 7) is 0.223. The molecule has 1 aromatic heterocycles. The fraction of sp³-hybridized carbons (Fsp3) is 0.143. The average molecular weight is 309 g/mol. The first kappa shape index (κ1) is 14.4. The van der Waals surface area contributed by atoms with Gasteiger partial charge in [-0.3, -0.25) is 0 Å². The van der Waals surface area contributed by atoms with E-state index < -0.39 is 0 Å². The Kier molecular flexibility index (Phi) is 4.67. The van der Waals surface area contributed by atoms with Crippen molar-refractivity contribution in [1.82, 2.24) is 4.98 Å². The van der Waals surface area contributed by atoms with E-state index in [4.69, 9.17) is 37.9 Å². The lowest BCUT2D eigenvalue weighted by molar-refractivity contribution is 0.303. The summed E-state index contributed by atoms with van der Waals surface area (Å²) >= 11 is 11.7. The molecule has 4 nitrogen and oxygen atoms in total. The summed E-state index contributed by atoms with van der Waals surface area (Å²) in [4.78, 5) is 3.93. The highest BCUT2D eigenvalue weighted by Crippen LogP contribution is 2.24. The molecule has 0 radical (unpaired) electrons. The highest BCUT2D eigenvalue weighted by molar-refractivity contribution is 6.32. The number of hydrogen-bond donors (Lipinski definition) is 0. The van der Waals surface area contributed by atoms with E-state index in [1.54, 1.807) is 30.3 Å². The molecule has 0 bridgehead atoms. The zero-order chi connectivity index (χ0) is 14.5. The van der Waals surface area contributed by atoms with Crippen molar-refractivity contribution in [3.05, 3.63) is 51.8 Å². The van der Waals surface area contributed by atoms with Crippen LogP contribution >= 0.6 is 23.2 Å². The molecular weight excluding hydrogens is 299 g/mol. The number of pyridine rings is 1. The normalized spacial score (nSPS) is 9.90. The van der Waals surface area contributed by atoms with E-state index in [-0.39, 0.29) is 6.61 Å². The molecule has 0 saturated carbocycles. The van der Waals surface area contributed by atoms with Crippen molar-refractivity contribution in [3.63, 3.8) is 0 Å². The number of nitrogens with zero attached hydrogens (tertiary/aromatic N) is 2. The minimum Gasteiger partial charge on any atom is -0.497 e. The standard InChI is InChI=1S/C14H10Cl2N2O2/c1-19-11-4-9(7-17)5-12(6-11)20-8-10-2-3-13(15)18-14(10)16/h2-6H,8H2,1H3. The van der Waals surface area contributed by atoms with Crippen molar-refractivity contribution in [1.29, 1.82) is 5.26 Å². The number of nitriles is 1. The van der Waals surface area contributed by atoms with Crippen molar-refractivity contribution in [2.75, 3.05) is 7.11 Å². The van der Waals surface area contributed by atoms with Gasteiger partial charge in [-0.25, -0.2) is 4.98 Å². The molecule has 0 amide bonds. The fourth-order valence-corrected chi connectivity index (χ4v) is 1.95. The summed E-state index contributed by atoms with van der Waals surface area (Å²) in [5, 5.41) is 9.55. The monoisotopic (exact) mass is 308 g/mol. The molecule has 102 valence electrons. The van der Waals surface area contributed by atoms with Gasteiger partial charge in [-0.1, -0.05) is 23.2 Å². The first-order valence-corrected chi connectivity index (χ1v) is 6.41. The van der Waals surface area contributed by atoms with Gasteiger partial charge in [0.2, 0.25) is 0 Å². The molecule has 0 N–H and O–H groups in total. The van der Waals surface area contributed by atoms with Gasteiger partial charge in [-0.2, -0.15) is 5.26 Å². The van der Waals surface area contributed by atoms with E-state index in [9.17, 15) is 0 Å². The van der Waals surface area contributed by atoms with Crippen molar-refractivity contribution in [3.8, 4) is 17.6 Å². The predicted octanol–water partition coefficient (Wildman–Crippen LogP) is 3.85. The van der Waals surface area contributed by atoms with E-state index in [2.05, 4.69) is 4.98 Å². The second-order valence-corrected chi connectivity index (χ2v) is 4.63. The van der Waals surface area contributed by atoms with E-state index in [0.29, 0.717) is 32.9 Å². The molecule has 0 atom stereocenters. The molecule has 2 rings (SSSR count). The summed E-state index contributed by atoms with van der Waals surface area (Å²) in [5.74, 6) is 1.08. The number of methoxy groups -OCH3 is 1. The molecule has 20 heavy (non-hydrogen) atoms. The minimum atomic E-state index is 0.223. The highest BCUT2D eigenvalue weighted by atomic mass is 35.5. The van der Waals surface area contributed by atoms with Crippen LogP contribution in [0.1, 0.15) is 11.1 Å². The number of rotatable bonds is 4. The van der Waals surface area contributed by atoms with Gasteiger partial charge in [-0.15, -0.1) is 0 Å². The van der Waals surface area contributed by atoms with Crippen LogP contribution in [0.25, 0.3) is 0 Å². The SMILES string of the molecule is COc1cc(C#N)cc(OCc2ccc(Cl)nc2Cl)c1. The molecule has 0 aliphatic heterocycles. The van der Waals surface area contributed by atoms with Gasteiger partial charge in [0, 0.05) is 11.6 Å². The van der Waals surface area contributed by atoms with E-state index >= 15 is 0 Å². The summed E-state index contributed by atoms with van der Waals surface area (Å²) < 4.78 is 10.7. The molecule has 1 heterocycles. The molecule has 6 heteroatoms. The summed E-state index contributed by atoms with van der Waals surface area (Å²) in [5.41, 5.74) is 1.16. The van der Waals surface area contributed by atoms with E-state index in [0.717, 1.165) is 0 Å². The average Bonchev–Trinajstić information content (AvgIpc) is 2.46. The van der Waals surface area contributed by atoms with Crippen LogP contribution in [0.3, 0.4) is 0 Å². The number of hydrogen-bond acceptors (Lipinski definition) is 4. The Bertz CT molecular complexity index is 669. The van der Waals surface area contributed by atoms with Crippen LogP contribution in [0.4, 0.5) is 0 Å². The third-order valence-electron chi connectivity index (χ3n) is 2.53. The maximum absolute atomic E-state index is 8.94. The summed E-state index contributed by atoms with van der Waals surface area (Å²) in [6.07, 6.45) is 0. The second kappa shape index (κ2) is 6.47. The topological polar surface area (TPSA) is 55.1 Å². The minimum absolute atomic E-state index is 0.223. The van der Waals surface area contributed by atoms with Crippen molar-refractivity contribution in [2.45, 2.75) is 6.61 Å². The van der Waals surface area contributed by atoms with E-state index in [1.165, 1.54) is 7.11 Å². The third-order valence-corrected chi connectivity index (χ3v) is 3.07. The lowest BCUT2D eigenvalue weighted by Gasteiger charge is -2.09. The Morgan fingerprint density at radius 1 is 1.20 bits per heavy atom. The van der Waals surface area contributed by atoms with Crippen molar-refractivity contribution in [2.24, 2.45) is 0 Å². The number of halogens is 2. The molecule has 0 aliphatic rings. The Labute approximate surface area is 126 Å². The lowest BCUT2D eigenvalue weighted by Crippen LogP contribution is -1.98. The second-order valence-electron chi connectivity index (χ2n) is 3.88. The Morgan fingerprint density at radius 2 is 1.95 bits per heavy atom. The zero-order valence-electron chi connectivity index (χ0n) is 10.6. The van der Waals surface area contributed by atoms with Crippen LogP contribution in [0.2, 0.25) is 10.3 Å². The predicted molar refractivity (Wildman–Crippen MR) is 76.3 cm³/mol. The fourth-order valence-electron chi connectivity index (χ4n) is 1.55. The van der Waals surface area contributed by atoms with Crippen LogP contribution in [-0.4, -0.2) is 12.1 Å². The van der Waals surface area contributed by atoms with Gasteiger partial charge in [-0.05, 0) is 24.3 Å². The van der Waals surface area contributed by atoms with Gasteiger partial charge < -0.3 is 9.47 Å². The first-order chi connectivity index (χ1) is 9.62. The van der Waals surface area contributed by atoms with Gasteiger partial charge in [0.1, 0.15) is 28.4 Å². The molecule has 0 unspecified atom stereocenters. The van der Waals surface area contributed by atoms with Crippen LogP contribution in [-0.2, 0) is 6.61 Å². The maximum atomic E-state index is 8.94. The number of ether oxygens (including phenoxy) is 2. The van der Waals surface area contributed by atoms with Crippen molar-refractivity contribution >= 4 is 23.2 Å². The highest BCUT2D eigenvalue weighted by Gasteiger charge is 2.06. The van der Waals surface area contributed by atoms with E-state index in [1.807, 2.05) is 6.07 Å². The summed E-state index contributed by atoms with van der Waals surface area (Å²) in [6, 6.07) is 10.4. The smallest absolute Gasteiger partial charge is 0.137 e. The number of benzene rings is 1. The largest absolute Gasteiger partial charge is 0.497 e. The molecular formula is C14H10Cl2N2O2.